The van der Waals surface area contributed by atoms with Gasteiger partial charge in [0.15, 0.2) is 11.6 Å². The average molecular weight is 164 g/mol. The first-order chi connectivity index (χ1) is 5.70. The van der Waals surface area contributed by atoms with Crippen molar-refractivity contribution < 1.29 is 4.52 Å². The van der Waals surface area contributed by atoms with E-state index in [4.69, 9.17) is 10.3 Å². The van der Waals surface area contributed by atoms with Crippen molar-refractivity contribution in [3.63, 3.8) is 0 Å². The number of hydrogen-bond acceptors (Lipinski definition) is 3. The highest BCUT2D eigenvalue weighted by molar-refractivity contribution is 5.73. The molecule has 1 aromatic heterocycles. The molecule has 0 aliphatic rings. The van der Waals surface area contributed by atoms with E-state index in [1.165, 1.54) is 0 Å². The summed E-state index contributed by atoms with van der Waals surface area (Å²) < 4.78 is 5.02. The molecule has 3 nitrogen and oxygen atoms in total. The van der Waals surface area contributed by atoms with Crippen LogP contribution in [0.3, 0.4) is 0 Å². The van der Waals surface area contributed by atoms with E-state index in [2.05, 4.69) is 11.7 Å². The van der Waals surface area contributed by atoms with Crippen molar-refractivity contribution in [3.8, 4) is 0 Å². The number of nitrogen functional groups attached to an aromatic ring is 1. The highest BCUT2D eigenvalue weighted by Crippen LogP contribution is 2.24. The van der Waals surface area contributed by atoms with Crippen LogP contribution in [0.5, 0.6) is 0 Å². The number of rotatable bonds is 2. The van der Waals surface area contributed by atoms with Crippen molar-refractivity contribution in [3.05, 3.63) is 24.0 Å². The normalized spacial score (nSPS) is 11.7. The van der Waals surface area contributed by atoms with Crippen molar-refractivity contribution in [2.24, 2.45) is 0 Å². The summed E-state index contributed by atoms with van der Waals surface area (Å²) in [6.07, 6.45) is 3.58. The SMILES string of the molecule is C=Cc1c(N)noc1/C(C)=C\C. The zero-order valence-electron chi connectivity index (χ0n) is 7.29. The first-order valence-corrected chi connectivity index (χ1v) is 3.71. The smallest absolute Gasteiger partial charge is 0.174 e. The molecule has 2 N–H and O–H groups in total. The van der Waals surface area contributed by atoms with Crippen molar-refractivity contribution >= 4 is 17.5 Å². The predicted octanol–water partition coefficient (Wildman–Crippen LogP) is 2.32. The van der Waals surface area contributed by atoms with E-state index in [-0.39, 0.29) is 0 Å². The summed E-state index contributed by atoms with van der Waals surface area (Å²) in [7, 11) is 0. The van der Waals surface area contributed by atoms with Crippen LogP contribution in [-0.4, -0.2) is 5.16 Å². The van der Waals surface area contributed by atoms with Crippen LogP contribution in [0.15, 0.2) is 17.2 Å². The maximum absolute atomic E-state index is 5.54. The highest BCUT2D eigenvalue weighted by Gasteiger charge is 2.10. The summed E-state index contributed by atoms with van der Waals surface area (Å²) in [5.74, 6) is 1.09. The fourth-order valence-electron chi connectivity index (χ4n) is 0.922. The lowest BCUT2D eigenvalue weighted by Gasteiger charge is -1.94. The van der Waals surface area contributed by atoms with Crippen LogP contribution in [0.4, 0.5) is 5.82 Å². The van der Waals surface area contributed by atoms with E-state index in [0.717, 1.165) is 11.1 Å². The van der Waals surface area contributed by atoms with Gasteiger partial charge >= 0.3 is 0 Å². The van der Waals surface area contributed by atoms with Crippen LogP contribution in [0.1, 0.15) is 25.2 Å². The summed E-state index contributed by atoms with van der Waals surface area (Å²) in [5, 5.41) is 3.65. The van der Waals surface area contributed by atoms with E-state index >= 15 is 0 Å². The van der Waals surface area contributed by atoms with Gasteiger partial charge in [0.1, 0.15) is 0 Å². The van der Waals surface area contributed by atoms with Gasteiger partial charge in [-0.05, 0) is 19.4 Å². The minimum Gasteiger partial charge on any atom is -0.380 e. The molecule has 0 spiro atoms. The second-order valence-corrected chi connectivity index (χ2v) is 2.49. The molecule has 64 valence electrons. The maximum Gasteiger partial charge on any atom is 0.174 e. The molecule has 0 aromatic carbocycles. The Bertz CT molecular complexity index is 323. The minimum absolute atomic E-state index is 0.390. The molecular weight excluding hydrogens is 152 g/mol. The van der Waals surface area contributed by atoms with Gasteiger partial charge in [0, 0.05) is 0 Å². The van der Waals surface area contributed by atoms with Gasteiger partial charge in [-0.25, -0.2) is 0 Å². The Labute approximate surface area is 71.5 Å². The Morgan fingerprint density at radius 2 is 2.33 bits per heavy atom. The summed E-state index contributed by atoms with van der Waals surface area (Å²) in [6.45, 7) is 7.50. The quantitative estimate of drug-likeness (QED) is 0.729. The zero-order chi connectivity index (χ0) is 9.14. The Morgan fingerprint density at radius 1 is 1.67 bits per heavy atom. The molecule has 0 fully saturated rings. The molecule has 0 saturated carbocycles. The van der Waals surface area contributed by atoms with Gasteiger partial charge in [0.05, 0.1) is 5.56 Å². The first-order valence-electron chi connectivity index (χ1n) is 3.71. The van der Waals surface area contributed by atoms with Crippen molar-refractivity contribution in [2.45, 2.75) is 13.8 Å². The van der Waals surface area contributed by atoms with Gasteiger partial charge in [-0.1, -0.05) is 23.9 Å². The third-order valence-electron chi connectivity index (χ3n) is 1.75. The predicted molar refractivity (Wildman–Crippen MR) is 50.3 cm³/mol. The van der Waals surface area contributed by atoms with Gasteiger partial charge in [-0.3, -0.25) is 0 Å². The van der Waals surface area contributed by atoms with E-state index in [0.29, 0.717) is 11.6 Å². The summed E-state index contributed by atoms with van der Waals surface area (Å²) in [5.41, 5.74) is 7.32. The molecule has 1 aromatic rings. The van der Waals surface area contributed by atoms with E-state index < -0.39 is 0 Å². The molecule has 3 heteroatoms. The van der Waals surface area contributed by atoms with Crippen LogP contribution in [0, 0.1) is 0 Å². The van der Waals surface area contributed by atoms with Gasteiger partial charge in [-0.2, -0.15) is 0 Å². The molecule has 0 unspecified atom stereocenters. The van der Waals surface area contributed by atoms with Crippen molar-refractivity contribution in [2.75, 3.05) is 5.73 Å². The number of aromatic nitrogens is 1. The minimum atomic E-state index is 0.390. The number of allylic oxidation sites excluding steroid dienone is 2. The monoisotopic (exact) mass is 164 g/mol. The van der Waals surface area contributed by atoms with Crippen LogP contribution < -0.4 is 5.73 Å². The fraction of sp³-hybridized carbons (Fsp3) is 0.222. The lowest BCUT2D eigenvalue weighted by molar-refractivity contribution is 0.413. The number of hydrogen-bond donors (Lipinski definition) is 1. The maximum atomic E-state index is 5.54. The zero-order valence-corrected chi connectivity index (χ0v) is 7.29. The average Bonchev–Trinajstić information content (AvgIpc) is 2.45. The summed E-state index contributed by atoms with van der Waals surface area (Å²) >= 11 is 0. The molecule has 0 aliphatic carbocycles. The van der Waals surface area contributed by atoms with Crippen LogP contribution >= 0.6 is 0 Å². The van der Waals surface area contributed by atoms with Gasteiger partial charge < -0.3 is 10.3 Å². The molecule has 12 heavy (non-hydrogen) atoms. The molecule has 0 amide bonds. The second kappa shape index (κ2) is 3.26. The fourth-order valence-corrected chi connectivity index (χ4v) is 0.922. The Kier molecular flexibility index (Phi) is 2.33. The molecule has 0 bridgehead atoms. The lowest BCUT2D eigenvalue weighted by Crippen LogP contribution is -1.87. The molecule has 0 atom stereocenters. The van der Waals surface area contributed by atoms with Gasteiger partial charge in [0.2, 0.25) is 0 Å². The van der Waals surface area contributed by atoms with Crippen LogP contribution in [0.2, 0.25) is 0 Å². The Morgan fingerprint density at radius 3 is 2.83 bits per heavy atom. The first kappa shape index (κ1) is 8.59. The molecular formula is C9H12N2O. The van der Waals surface area contributed by atoms with E-state index in [1.807, 2.05) is 19.9 Å². The van der Waals surface area contributed by atoms with Crippen LogP contribution in [0.25, 0.3) is 11.6 Å². The third-order valence-corrected chi connectivity index (χ3v) is 1.75. The summed E-state index contributed by atoms with van der Waals surface area (Å²) in [6, 6.07) is 0. The molecule has 1 rings (SSSR count). The van der Waals surface area contributed by atoms with Crippen molar-refractivity contribution in [1.29, 1.82) is 0 Å². The lowest BCUT2D eigenvalue weighted by atomic mass is 10.1. The van der Waals surface area contributed by atoms with Gasteiger partial charge in [-0.15, -0.1) is 0 Å². The molecule has 0 aliphatic heterocycles. The Balaban J connectivity index is 3.24. The molecule has 0 saturated heterocycles. The summed E-state index contributed by atoms with van der Waals surface area (Å²) in [4.78, 5) is 0. The van der Waals surface area contributed by atoms with Crippen molar-refractivity contribution in [1.82, 2.24) is 5.16 Å². The molecule has 0 radical (unpaired) electrons. The van der Waals surface area contributed by atoms with Gasteiger partial charge in [0.25, 0.3) is 0 Å². The second-order valence-electron chi connectivity index (χ2n) is 2.49. The largest absolute Gasteiger partial charge is 0.380 e. The number of nitrogens with two attached hydrogens (primary N) is 1. The number of nitrogens with zero attached hydrogens (tertiary/aromatic N) is 1. The standard InChI is InChI=1S/C9H12N2O/c1-4-6(3)8-7(5-2)9(10)11-12-8/h4-5H,2H2,1,3H3,(H2,10,11)/b6-4-. The molecule has 1 heterocycles. The van der Waals surface area contributed by atoms with E-state index in [9.17, 15) is 0 Å². The Hall–Kier alpha value is -1.51. The topological polar surface area (TPSA) is 52.0 Å². The third kappa shape index (κ3) is 1.25. The number of anilines is 1. The van der Waals surface area contributed by atoms with Crippen LogP contribution in [-0.2, 0) is 0 Å². The highest BCUT2D eigenvalue weighted by atomic mass is 16.5. The van der Waals surface area contributed by atoms with E-state index in [1.54, 1.807) is 6.08 Å².